The van der Waals surface area contributed by atoms with Crippen LogP contribution in [0.3, 0.4) is 0 Å². The first-order valence-corrected chi connectivity index (χ1v) is 10.4. The van der Waals surface area contributed by atoms with Crippen molar-refractivity contribution in [2.24, 2.45) is 11.7 Å². The molecular weight excluding hydrogens is 368 g/mol. The Morgan fingerprint density at radius 3 is 2.70 bits per heavy atom. The number of benzene rings is 1. The standard InChI is InChI=1S/C18H28N4O4S/c1-13(2)10-18(3,12-19)21-17(24)14-5-4-6-15(9-14)27(25,26)22-8-7-20-16(23)11-22/h4-6,9,13H,7-8,10-12,19H2,1-3H3,(H,20,23)(H,21,24). The van der Waals surface area contributed by atoms with Gasteiger partial charge in [0.05, 0.1) is 11.4 Å². The number of nitrogens with zero attached hydrogens (tertiary/aromatic N) is 1. The molecule has 1 aliphatic heterocycles. The Kier molecular flexibility index (Phi) is 6.61. The Bertz CT molecular complexity index is 809. The van der Waals surface area contributed by atoms with Gasteiger partial charge >= 0.3 is 0 Å². The number of hydrogen-bond acceptors (Lipinski definition) is 5. The predicted molar refractivity (Wildman–Crippen MR) is 103 cm³/mol. The van der Waals surface area contributed by atoms with E-state index in [-0.39, 0.29) is 48.5 Å². The zero-order valence-corrected chi connectivity index (χ0v) is 16.8. The first kappa shape index (κ1) is 21.3. The molecule has 1 fully saturated rings. The highest BCUT2D eigenvalue weighted by atomic mass is 32.2. The number of sulfonamides is 1. The predicted octanol–water partition coefficient (Wildman–Crippen LogP) is 0.300. The van der Waals surface area contributed by atoms with E-state index in [0.29, 0.717) is 12.3 Å². The van der Waals surface area contributed by atoms with Gasteiger partial charge in [-0.1, -0.05) is 19.9 Å². The quantitative estimate of drug-likeness (QED) is 0.612. The first-order chi connectivity index (χ1) is 12.6. The van der Waals surface area contributed by atoms with E-state index in [2.05, 4.69) is 10.6 Å². The van der Waals surface area contributed by atoms with E-state index in [4.69, 9.17) is 5.73 Å². The maximum atomic E-state index is 12.8. The molecule has 1 saturated heterocycles. The Morgan fingerprint density at radius 1 is 1.41 bits per heavy atom. The van der Waals surface area contributed by atoms with Crippen molar-refractivity contribution in [1.29, 1.82) is 0 Å². The van der Waals surface area contributed by atoms with Crippen LogP contribution < -0.4 is 16.4 Å². The third-order valence-electron chi connectivity index (χ3n) is 4.46. The van der Waals surface area contributed by atoms with Crippen molar-refractivity contribution >= 4 is 21.8 Å². The summed E-state index contributed by atoms with van der Waals surface area (Å²) in [5.41, 5.74) is 5.49. The lowest BCUT2D eigenvalue weighted by Crippen LogP contribution is -2.52. The monoisotopic (exact) mass is 396 g/mol. The van der Waals surface area contributed by atoms with Gasteiger partial charge in [0.15, 0.2) is 0 Å². The molecule has 0 spiro atoms. The van der Waals surface area contributed by atoms with Crippen LogP contribution in [0.5, 0.6) is 0 Å². The number of carbonyl (C=O) groups excluding carboxylic acids is 2. The van der Waals surface area contributed by atoms with E-state index in [1.54, 1.807) is 6.07 Å². The smallest absolute Gasteiger partial charge is 0.251 e. The van der Waals surface area contributed by atoms with Crippen molar-refractivity contribution in [1.82, 2.24) is 14.9 Å². The summed E-state index contributed by atoms with van der Waals surface area (Å²) in [5.74, 6) is -0.376. The minimum absolute atomic E-state index is 0.0110. The highest BCUT2D eigenvalue weighted by Gasteiger charge is 2.30. The average Bonchev–Trinajstić information content (AvgIpc) is 2.61. The number of amides is 2. The Labute approximate surface area is 160 Å². The van der Waals surface area contributed by atoms with Gasteiger partial charge in [-0.15, -0.1) is 0 Å². The van der Waals surface area contributed by atoms with Crippen molar-refractivity contribution in [3.8, 4) is 0 Å². The van der Waals surface area contributed by atoms with Crippen molar-refractivity contribution < 1.29 is 18.0 Å². The highest BCUT2D eigenvalue weighted by molar-refractivity contribution is 7.89. The lowest BCUT2D eigenvalue weighted by molar-refractivity contribution is -0.122. The van der Waals surface area contributed by atoms with Crippen LogP contribution in [0.2, 0.25) is 0 Å². The van der Waals surface area contributed by atoms with Crippen LogP contribution in [0.1, 0.15) is 37.6 Å². The van der Waals surface area contributed by atoms with Gasteiger partial charge in [0.1, 0.15) is 0 Å². The summed E-state index contributed by atoms with van der Waals surface area (Å²) in [4.78, 5) is 24.2. The molecule has 0 aromatic heterocycles. The first-order valence-electron chi connectivity index (χ1n) is 8.97. The molecule has 4 N–H and O–H groups in total. The van der Waals surface area contributed by atoms with Crippen LogP contribution in [0.4, 0.5) is 0 Å². The normalized spacial score (nSPS) is 18.0. The third kappa shape index (κ3) is 5.27. The Morgan fingerprint density at radius 2 is 2.11 bits per heavy atom. The molecule has 2 amide bonds. The number of nitrogens with one attached hydrogen (secondary N) is 2. The molecule has 1 aliphatic rings. The van der Waals surface area contributed by atoms with Crippen LogP contribution in [0, 0.1) is 5.92 Å². The molecule has 0 saturated carbocycles. The van der Waals surface area contributed by atoms with Crippen LogP contribution in [-0.4, -0.2) is 56.3 Å². The lowest BCUT2D eigenvalue weighted by Gasteiger charge is -2.31. The minimum atomic E-state index is -3.85. The topological polar surface area (TPSA) is 122 Å². The fourth-order valence-corrected chi connectivity index (χ4v) is 4.64. The molecule has 2 rings (SSSR count). The van der Waals surface area contributed by atoms with Gasteiger partial charge in [0, 0.05) is 30.7 Å². The summed E-state index contributed by atoms with van der Waals surface area (Å²) in [6.07, 6.45) is 0.704. The van der Waals surface area contributed by atoms with E-state index < -0.39 is 15.6 Å². The zero-order chi connectivity index (χ0) is 20.2. The van der Waals surface area contributed by atoms with Gasteiger partial charge in [-0.3, -0.25) is 9.59 Å². The lowest BCUT2D eigenvalue weighted by atomic mass is 9.90. The van der Waals surface area contributed by atoms with Crippen LogP contribution in [0.15, 0.2) is 29.2 Å². The number of nitrogens with two attached hydrogens (primary N) is 1. The summed E-state index contributed by atoms with van der Waals surface area (Å²) >= 11 is 0. The average molecular weight is 397 g/mol. The molecule has 0 bridgehead atoms. The second-order valence-corrected chi connectivity index (χ2v) is 9.47. The van der Waals surface area contributed by atoms with Crippen LogP contribution in [0.25, 0.3) is 0 Å². The van der Waals surface area contributed by atoms with Crippen molar-refractivity contribution in [2.45, 2.75) is 37.6 Å². The third-order valence-corrected chi connectivity index (χ3v) is 6.30. The van der Waals surface area contributed by atoms with Gasteiger partial charge in [-0.2, -0.15) is 4.31 Å². The van der Waals surface area contributed by atoms with Gasteiger partial charge in [-0.25, -0.2) is 8.42 Å². The van der Waals surface area contributed by atoms with E-state index in [0.717, 1.165) is 4.31 Å². The summed E-state index contributed by atoms with van der Waals surface area (Å²) in [7, 11) is -3.85. The fraction of sp³-hybridized carbons (Fsp3) is 0.556. The Hall–Kier alpha value is -1.97. The molecule has 1 aromatic rings. The van der Waals surface area contributed by atoms with Crippen molar-refractivity contribution in [2.75, 3.05) is 26.2 Å². The largest absolute Gasteiger partial charge is 0.354 e. The molecule has 27 heavy (non-hydrogen) atoms. The molecule has 1 unspecified atom stereocenters. The molecule has 1 atom stereocenters. The maximum absolute atomic E-state index is 12.8. The van der Waals surface area contributed by atoms with E-state index in [1.807, 2.05) is 20.8 Å². The number of carbonyl (C=O) groups is 2. The number of rotatable bonds is 7. The summed E-state index contributed by atoms with van der Waals surface area (Å²) in [6, 6.07) is 5.84. The zero-order valence-electron chi connectivity index (χ0n) is 16.0. The van der Waals surface area contributed by atoms with Crippen molar-refractivity contribution in [3.63, 3.8) is 0 Å². The Balaban J connectivity index is 2.23. The molecular formula is C18H28N4O4S. The molecule has 9 heteroatoms. The maximum Gasteiger partial charge on any atom is 0.251 e. The number of piperazine rings is 1. The second kappa shape index (κ2) is 8.37. The van der Waals surface area contributed by atoms with E-state index in [9.17, 15) is 18.0 Å². The molecule has 1 aromatic carbocycles. The van der Waals surface area contributed by atoms with Gasteiger partial charge in [0.25, 0.3) is 5.91 Å². The van der Waals surface area contributed by atoms with Crippen LogP contribution in [-0.2, 0) is 14.8 Å². The molecule has 8 nitrogen and oxygen atoms in total. The second-order valence-electron chi connectivity index (χ2n) is 7.53. The minimum Gasteiger partial charge on any atom is -0.354 e. The fourth-order valence-electron chi connectivity index (χ4n) is 3.20. The van der Waals surface area contributed by atoms with Crippen LogP contribution >= 0.6 is 0 Å². The number of hydrogen-bond donors (Lipinski definition) is 3. The summed E-state index contributed by atoms with van der Waals surface area (Å²) < 4.78 is 26.7. The molecule has 0 radical (unpaired) electrons. The molecule has 1 heterocycles. The summed E-state index contributed by atoms with van der Waals surface area (Å²) in [5, 5.41) is 5.51. The molecule has 150 valence electrons. The SMILES string of the molecule is CC(C)CC(C)(CN)NC(=O)c1cccc(S(=O)(=O)N2CCNC(=O)C2)c1. The van der Waals surface area contributed by atoms with E-state index in [1.165, 1.54) is 18.2 Å². The van der Waals surface area contributed by atoms with Gasteiger partial charge in [0.2, 0.25) is 15.9 Å². The van der Waals surface area contributed by atoms with Crippen molar-refractivity contribution in [3.05, 3.63) is 29.8 Å². The highest BCUT2D eigenvalue weighted by Crippen LogP contribution is 2.20. The molecule has 0 aliphatic carbocycles. The van der Waals surface area contributed by atoms with Gasteiger partial charge < -0.3 is 16.4 Å². The van der Waals surface area contributed by atoms with E-state index >= 15 is 0 Å². The summed E-state index contributed by atoms with van der Waals surface area (Å²) in [6.45, 7) is 6.48. The van der Waals surface area contributed by atoms with Gasteiger partial charge in [-0.05, 0) is 37.5 Å².